The second-order valence-electron chi connectivity index (χ2n) is 5.44. The minimum absolute atomic E-state index is 0.318. The van der Waals surface area contributed by atoms with Crippen molar-refractivity contribution in [1.29, 1.82) is 0 Å². The van der Waals surface area contributed by atoms with Crippen LogP contribution in [0.25, 0.3) is 0 Å². The Morgan fingerprint density at radius 2 is 2.29 bits per heavy atom. The van der Waals surface area contributed by atoms with Gasteiger partial charge in [-0.05, 0) is 55.5 Å². The molecular formula is C13H22BrN3O2S2. The molecule has 1 aliphatic heterocycles. The first-order valence-electron chi connectivity index (χ1n) is 6.95. The second kappa shape index (κ2) is 7.06. The highest BCUT2D eigenvalue weighted by atomic mass is 79.9. The quantitative estimate of drug-likeness (QED) is 0.799. The number of halogens is 1. The van der Waals surface area contributed by atoms with Gasteiger partial charge in [0.1, 0.15) is 4.90 Å². The smallest absolute Gasteiger partial charge is 0.244 e. The van der Waals surface area contributed by atoms with E-state index in [2.05, 4.69) is 33.2 Å². The maximum Gasteiger partial charge on any atom is 0.244 e. The molecule has 0 saturated carbocycles. The molecule has 0 spiro atoms. The molecule has 5 nitrogen and oxygen atoms in total. The average Bonchev–Trinajstić information content (AvgIpc) is 2.97. The monoisotopic (exact) mass is 395 g/mol. The summed E-state index contributed by atoms with van der Waals surface area (Å²) in [6.45, 7) is 2.27. The summed E-state index contributed by atoms with van der Waals surface area (Å²) < 4.78 is 27.6. The highest BCUT2D eigenvalue weighted by Crippen LogP contribution is 2.33. The molecule has 21 heavy (non-hydrogen) atoms. The lowest BCUT2D eigenvalue weighted by molar-refractivity contribution is 0.271. The maximum absolute atomic E-state index is 12.7. The van der Waals surface area contributed by atoms with Crippen LogP contribution in [0.4, 0.5) is 0 Å². The van der Waals surface area contributed by atoms with Crippen molar-refractivity contribution in [2.45, 2.75) is 30.3 Å². The van der Waals surface area contributed by atoms with Gasteiger partial charge < -0.3 is 10.2 Å². The van der Waals surface area contributed by atoms with Crippen molar-refractivity contribution >= 4 is 37.3 Å². The normalized spacial score (nSPS) is 20.5. The number of sulfonamides is 1. The van der Waals surface area contributed by atoms with E-state index in [1.54, 1.807) is 13.1 Å². The lowest BCUT2D eigenvalue weighted by Gasteiger charge is -2.25. The number of rotatable bonds is 6. The van der Waals surface area contributed by atoms with E-state index in [0.717, 1.165) is 24.3 Å². The van der Waals surface area contributed by atoms with E-state index in [-0.39, 0.29) is 0 Å². The van der Waals surface area contributed by atoms with Gasteiger partial charge in [-0.1, -0.05) is 0 Å². The Hall–Kier alpha value is 0.01000. The molecule has 1 saturated heterocycles. The molecule has 2 heterocycles. The van der Waals surface area contributed by atoms with Crippen LogP contribution in [-0.2, 0) is 16.6 Å². The van der Waals surface area contributed by atoms with E-state index in [1.807, 2.05) is 7.05 Å². The first kappa shape index (κ1) is 17.4. The standard InChI is InChI=1S/C13H22BrN3O2S2/c1-15-8-11-7-12(13(14)20-11)21(18,19)17(3)9-10-5-4-6-16(10)2/h7,10,15H,4-6,8-9H2,1-3H3. The largest absolute Gasteiger partial charge is 0.315 e. The summed E-state index contributed by atoms with van der Waals surface area (Å²) in [7, 11) is 2.14. The predicted molar refractivity (Wildman–Crippen MR) is 90.3 cm³/mol. The van der Waals surface area contributed by atoms with Crippen LogP contribution >= 0.6 is 27.3 Å². The van der Waals surface area contributed by atoms with Crippen LogP contribution in [0.5, 0.6) is 0 Å². The summed E-state index contributed by atoms with van der Waals surface area (Å²) in [5.74, 6) is 0. The van der Waals surface area contributed by atoms with Crippen molar-refractivity contribution in [3.63, 3.8) is 0 Å². The van der Waals surface area contributed by atoms with Gasteiger partial charge in [0.05, 0.1) is 3.79 Å². The van der Waals surface area contributed by atoms with Gasteiger partial charge in [-0.3, -0.25) is 0 Å². The molecule has 1 aliphatic rings. The van der Waals surface area contributed by atoms with Crippen molar-refractivity contribution in [2.75, 3.05) is 34.2 Å². The number of likely N-dealkylation sites (tertiary alicyclic amines) is 1. The highest BCUT2D eigenvalue weighted by Gasteiger charge is 2.30. The van der Waals surface area contributed by atoms with Gasteiger partial charge >= 0.3 is 0 Å². The first-order valence-corrected chi connectivity index (χ1v) is 10.0. The SMILES string of the molecule is CNCc1cc(S(=O)(=O)N(C)CC2CCCN2C)c(Br)s1. The lowest BCUT2D eigenvalue weighted by Crippen LogP contribution is -2.39. The van der Waals surface area contributed by atoms with Crippen LogP contribution < -0.4 is 5.32 Å². The van der Waals surface area contributed by atoms with E-state index >= 15 is 0 Å². The molecule has 0 radical (unpaired) electrons. The number of nitrogens with zero attached hydrogens (tertiary/aromatic N) is 2. The minimum Gasteiger partial charge on any atom is -0.315 e. The third kappa shape index (κ3) is 3.86. The predicted octanol–water partition coefficient (Wildman–Crippen LogP) is 1.94. The molecule has 8 heteroatoms. The van der Waals surface area contributed by atoms with Crippen molar-refractivity contribution in [1.82, 2.24) is 14.5 Å². The molecule has 1 fully saturated rings. The van der Waals surface area contributed by atoms with Crippen LogP contribution in [0.15, 0.2) is 14.7 Å². The molecule has 1 atom stereocenters. The Balaban J connectivity index is 2.16. The number of hydrogen-bond acceptors (Lipinski definition) is 5. The van der Waals surface area contributed by atoms with Crippen LogP contribution in [-0.4, -0.2) is 57.9 Å². The number of hydrogen-bond donors (Lipinski definition) is 1. The molecule has 1 N–H and O–H groups in total. The zero-order valence-corrected chi connectivity index (χ0v) is 15.8. The van der Waals surface area contributed by atoms with Crippen molar-refractivity contribution in [3.05, 3.63) is 14.7 Å². The summed E-state index contributed by atoms with van der Waals surface area (Å²) in [6.07, 6.45) is 2.20. The molecule has 0 aliphatic carbocycles. The van der Waals surface area contributed by atoms with Crippen LogP contribution in [0.3, 0.4) is 0 Å². The molecule has 0 bridgehead atoms. The number of nitrogens with one attached hydrogen (secondary N) is 1. The van der Waals surface area contributed by atoms with Gasteiger partial charge in [0.25, 0.3) is 0 Å². The fourth-order valence-electron chi connectivity index (χ4n) is 2.61. The van der Waals surface area contributed by atoms with E-state index in [0.29, 0.717) is 27.8 Å². The van der Waals surface area contributed by atoms with Crippen LogP contribution in [0, 0.1) is 0 Å². The van der Waals surface area contributed by atoms with Gasteiger partial charge in [0, 0.05) is 31.1 Å². The molecule has 2 rings (SSSR count). The van der Waals surface area contributed by atoms with E-state index in [4.69, 9.17) is 0 Å². The van der Waals surface area contributed by atoms with Gasteiger partial charge in [0.15, 0.2) is 0 Å². The van der Waals surface area contributed by atoms with Crippen LogP contribution in [0.1, 0.15) is 17.7 Å². The third-order valence-corrected chi connectivity index (χ3v) is 7.96. The number of thiophene rings is 1. The summed E-state index contributed by atoms with van der Waals surface area (Å²) in [4.78, 5) is 3.62. The number of likely N-dealkylation sites (N-methyl/N-ethyl adjacent to an activating group) is 2. The third-order valence-electron chi connectivity index (χ3n) is 3.89. The minimum atomic E-state index is -3.44. The first-order chi connectivity index (χ1) is 9.86. The van der Waals surface area contributed by atoms with Crippen molar-refractivity contribution in [3.8, 4) is 0 Å². The van der Waals surface area contributed by atoms with Gasteiger partial charge in [-0.2, -0.15) is 4.31 Å². The van der Waals surface area contributed by atoms with E-state index < -0.39 is 10.0 Å². The Kier molecular flexibility index (Phi) is 5.84. The van der Waals surface area contributed by atoms with Gasteiger partial charge in [-0.15, -0.1) is 11.3 Å². The Morgan fingerprint density at radius 3 is 2.86 bits per heavy atom. The Labute approximate surface area is 139 Å². The molecule has 0 aromatic carbocycles. The summed E-state index contributed by atoms with van der Waals surface area (Å²) in [6, 6.07) is 2.08. The molecule has 120 valence electrons. The summed E-state index contributed by atoms with van der Waals surface area (Å²) >= 11 is 4.85. The van der Waals surface area contributed by atoms with Crippen LogP contribution in [0.2, 0.25) is 0 Å². The fourth-order valence-corrected chi connectivity index (χ4v) is 6.46. The molecule has 1 aromatic rings. The lowest BCUT2D eigenvalue weighted by atomic mass is 10.2. The zero-order chi connectivity index (χ0) is 15.6. The molecular weight excluding hydrogens is 374 g/mol. The molecule has 0 amide bonds. The molecule has 1 aromatic heterocycles. The topological polar surface area (TPSA) is 52.7 Å². The van der Waals surface area contributed by atoms with E-state index in [1.165, 1.54) is 15.6 Å². The molecule has 1 unspecified atom stereocenters. The average molecular weight is 396 g/mol. The van der Waals surface area contributed by atoms with E-state index in [9.17, 15) is 8.42 Å². The van der Waals surface area contributed by atoms with Crippen molar-refractivity contribution in [2.24, 2.45) is 0 Å². The highest BCUT2D eigenvalue weighted by molar-refractivity contribution is 9.11. The summed E-state index contributed by atoms with van der Waals surface area (Å²) in [5, 5.41) is 3.04. The fraction of sp³-hybridized carbons (Fsp3) is 0.692. The second-order valence-corrected chi connectivity index (χ2v) is 9.91. The Bertz CT molecular complexity index is 588. The summed E-state index contributed by atoms with van der Waals surface area (Å²) in [5.41, 5.74) is 0. The zero-order valence-electron chi connectivity index (χ0n) is 12.6. The van der Waals surface area contributed by atoms with Gasteiger partial charge in [0.2, 0.25) is 10.0 Å². The van der Waals surface area contributed by atoms with Crippen molar-refractivity contribution < 1.29 is 8.42 Å². The Morgan fingerprint density at radius 1 is 1.57 bits per heavy atom. The van der Waals surface area contributed by atoms with Gasteiger partial charge in [-0.25, -0.2) is 8.42 Å². The maximum atomic E-state index is 12.7.